The van der Waals surface area contributed by atoms with Gasteiger partial charge in [-0.1, -0.05) is 37.3 Å². The summed E-state index contributed by atoms with van der Waals surface area (Å²) in [5, 5.41) is 2.99. The Labute approximate surface area is 91.7 Å². The van der Waals surface area contributed by atoms with Crippen LogP contribution in [0.5, 0.6) is 0 Å². The van der Waals surface area contributed by atoms with Crippen LogP contribution in [-0.4, -0.2) is 11.9 Å². The van der Waals surface area contributed by atoms with Gasteiger partial charge in [-0.25, -0.2) is 0 Å². The molecule has 2 heteroatoms. The zero-order valence-electron chi connectivity index (χ0n) is 9.66. The van der Waals surface area contributed by atoms with E-state index in [1.807, 2.05) is 44.2 Å². The third-order valence-electron chi connectivity index (χ3n) is 2.69. The molecule has 0 aliphatic carbocycles. The minimum absolute atomic E-state index is 0.0693. The van der Waals surface area contributed by atoms with Crippen molar-refractivity contribution in [1.29, 1.82) is 0 Å². The van der Waals surface area contributed by atoms with Crippen LogP contribution < -0.4 is 5.32 Å². The lowest BCUT2D eigenvalue weighted by molar-refractivity contribution is -0.122. The second-order valence-corrected chi connectivity index (χ2v) is 3.95. The molecule has 1 rings (SSSR count). The first-order valence-electron chi connectivity index (χ1n) is 5.50. The average Bonchev–Trinajstić information content (AvgIpc) is 2.29. The van der Waals surface area contributed by atoms with Crippen molar-refractivity contribution >= 4 is 5.91 Å². The SMILES string of the molecule is CC[C@@H](C)NC(=O)[C@H](C)c1ccccc1. The summed E-state index contributed by atoms with van der Waals surface area (Å²) in [6, 6.07) is 10.1. The first kappa shape index (κ1) is 11.8. The smallest absolute Gasteiger partial charge is 0.227 e. The number of carbonyl (C=O) groups excluding carboxylic acids is 1. The number of benzene rings is 1. The Hall–Kier alpha value is -1.31. The highest BCUT2D eigenvalue weighted by atomic mass is 16.1. The molecule has 82 valence electrons. The Morgan fingerprint density at radius 1 is 1.27 bits per heavy atom. The van der Waals surface area contributed by atoms with Gasteiger partial charge in [0.1, 0.15) is 0 Å². The first-order valence-corrected chi connectivity index (χ1v) is 5.50. The Bertz CT molecular complexity index is 308. The predicted molar refractivity (Wildman–Crippen MR) is 62.8 cm³/mol. The Morgan fingerprint density at radius 2 is 1.87 bits per heavy atom. The van der Waals surface area contributed by atoms with Crippen molar-refractivity contribution in [2.45, 2.75) is 39.2 Å². The normalized spacial score (nSPS) is 14.3. The van der Waals surface area contributed by atoms with Gasteiger partial charge in [-0.05, 0) is 25.8 Å². The molecule has 0 radical (unpaired) electrons. The van der Waals surface area contributed by atoms with Gasteiger partial charge in [0.15, 0.2) is 0 Å². The fraction of sp³-hybridized carbons (Fsp3) is 0.462. The highest BCUT2D eigenvalue weighted by molar-refractivity contribution is 5.83. The highest BCUT2D eigenvalue weighted by Gasteiger charge is 2.15. The first-order chi connectivity index (χ1) is 7.15. The van der Waals surface area contributed by atoms with Crippen molar-refractivity contribution in [3.8, 4) is 0 Å². The van der Waals surface area contributed by atoms with E-state index < -0.39 is 0 Å². The highest BCUT2D eigenvalue weighted by Crippen LogP contribution is 2.14. The molecule has 2 atom stereocenters. The van der Waals surface area contributed by atoms with Crippen LogP contribution in [0.4, 0.5) is 0 Å². The molecule has 0 aliphatic rings. The molecule has 0 heterocycles. The van der Waals surface area contributed by atoms with Gasteiger partial charge in [-0.15, -0.1) is 0 Å². The van der Waals surface area contributed by atoms with Gasteiger partial charge in [0.05, 0.1) is 5.92 Å². The molecule has 15 heavy (non-hydrogen) atoms. The van der Waals surface area contributed by atoms with E-state index in [0.29, 0.717) is 0 Å². The third kappa shape index (κ3) is 3.39. The van der Waals surface area contributed by atoms with E-state index >= 15 is 0 Å². The molecular weight excluding hydrogens is 186 g/mol. The molecule has 1 N–H and O–H groups in total. The molecule has 0 aliphatic heterocycles. The molecule has 2 nitrogen and oxygen atoms in total. The molecule has 1 amide bonds. The second kappa shape index (κ2) is 5.54. The minimum atomic E-state index is -0.0693. The summed E-state index contributed by atoms with van der Waals surface area (Å²) in [5.74, 6) is 0.0377. The molecule has 0 spiro atoms. The van der Waals surface area contributed by atoms with E-state index in [1.165, 1.54) is 0 Å². The fourth-order valence-corrected chi connectivity index (χ4v) is 1.36. The summed E-state index contributed by atoms with van der Waals surface area (Å²) >= 11 is 0. The van der Waals surface area contributed by atoms with Crippen LogP contribution in [0.2, 0.25) is 0 Å². The molecule has 0 saturated heterocycles. The topological polar surface area (TPSA) is 29.1 Å². The van der Waals surface area contributed by atoms with E-state index in [0.717, 1.165) is 12.0 Å². The van der Waals surface area contributed by atoms with Gasteiger partial charge in [-0.2, -0.15) is 0 Å². The molecule has 1 aromatic carbocycles. The van der Waals surface area contributed by atoms with Gasteiger partial charge < -0.3 is 5.32 Å². The predicted octanol–water partition coefficient (Wildman–Crippen LogP) is 2.70. The Balaban J connectivity index is 2.61. The van der Waals surface area contributed by atoms with Crippen molar-refractivity contribution in [2.24, 2.45) is 0 Å². The van der Waals surface area contributed by atoms with Crippen LogP contribution in [0.1, 0.15) is 38.7 Å². The van der Waals surface area contributed by atoms with E-state index in [-0.39, 0.29) is 17.9 Å². The van der Waals surface area contributed by atoms with Gasteiger partial charge in [-0.3, -0.25) is 4.79 Å². The summed E-state index contributed by atoms with van der Waals surface area (Å²) in [5.41, 5.74) is 1.07. The van der Waals surface area contributed by atoms with Crippen LogP contribution in [0.15, 0.2) is 30.3 Å². The van der Waals surface area contributed by atoms with E-state index in [1.54, 1.807) is 0 Å². The zero-order valence-corrected chi connectivity index (χ0v) is 9.66. The molecule has 1 aromatic rings. The number of rotatable bonds is 4. The lowest BCUT2D eigenvalue weighted by atomic mass is 10.00. The summed E-state index contributed by atoms with van der Waals surface area (Å²) in [7, 11) is 0. The largest absolute Gasteiger partial charge is 0.353 e. The minimum Gasteiger partial charge on any atom is -0.353 e. The van der Waals surface area contributed by atoms with Crippen LogP contribution in [-0.2, 0) is 4.79 Å². The summed E-state index contributed by atoms with van der Waals surface area (Å²) in [6.07, 6.45) is 0.966. The van der Waals surface area contributed by atoms with Gasteiger partial charge in [0.2, 0.25) is 5.91 Å². The maximum absolute atomic E-state index is 11.8. The summed E-state index contributed by atoms with van der Waals surface area (Å²) < 4.78 is 0. The van der Waals surface area contributed by atoms with Gasteiger partial charge in [0, 0.05) is 6.04 Å². The maximum Gasteiger partial charge on any atom is 0.227 e. The molecule has 0 aromatic heterocycles. The fourth-order valence-electron chi connectivity index (χ4n) is 1.36. The van der Waals surface area contributed by atoms with Crippen molar-refractivity contribution in [2.75, 3.05) is 0 Å². The summed E-state index contributed by atoms with van der Waals surface area (Å²) in [6.45, 7) is 6.03. The van der Waals surface area contributed by atoms with E-state index in [4.69, 9.17) is 0 Å². The van der Waals surface area contributed by atoms with Crippen molar-refractivity contribution < 1.29 is 4.79 Å². The summed E-state index contributed by atoms with van der Waals surface area (Å²) in [4.78, 5) is 11.8. The molecule has 0 unspecified atom stereocenters. The lowest BCUT2D eigenvalue weighted by Crippen LogP contribution is -2.35. The van der Waals surface area contributed by atoms with E-state index in [2.05, 4.69) is 12.2 Å². The molecule has 0 saturated carbocycles. The standard InChI is InChI=1S/C13H19NO/c1-4-10(2)14-13(15)11(3)12-8-6-5-7-9-12/h5-11H,4H2,1-3H3,(H,14,15)/t10-,11-/m1/s1. The zero-order chi connectivity index (χ0) is 11.3. The van der Waals surface area contributed by atoms with Crippen LogP contribution >= 0.6 is 0 Å². The monoisotopic (exact) mass is 205 g/mol. The lowest BCUT2D eigenvalue weighted by Gasteiger charge is -2.16. The van der Waals surface area contributed by atoms with Crippen molar-refractivity contribution in [1.82, 2.24) is 5.32 Å². The average molecular weight is 205 g/mol. The molecular formula is C13H19NO. The Kier molecular flexibility index (Phi) is 4.35. The van der Waals surface area contributed by atoms with Gasteiger partial charge in [0.25, 0.3) is 0 Å². The number of amides is 1. The van der Waals surface area contributed by atoms with Crippen molar-refractivity contribution in [3.05, 3.63) is 35.9 Å². The second-order valence-electron chi connectivity index (χ2n) is 3.95. The van der Waals surface area contributed by atoms with Crippen LogP contribution in [0.3, 0.4) is 0 Å². The van der Waals surface area contributed by atoms with Crippen LogP contribution in [0, 0.1) is 0 Å². The van der Waals surface area contributed by atoms with Crippen LogP contribution in [0.25, 0.3) is 0 Å². The quantitative estimate of drug-likeness (QED) is 0.804. The third-order valence-corrected chi connectivity index (χ3v) is 2.69. The number of nitrogens with one attached hydrogen (secondary N) is 1. The number of carbonyl (C=O) groups is 1. The Morgan fingerprint density at radius 3 is 2.40 bits per heavy atom. The number of hydrogen-bond acceptors (Lipinski definition) is 1. The van der Waals surface area contributed by atoms with E-state index in [9.17, 15) is 4.79 Å². The molecule has 0 bridgehead atoms. The van der Waals surface area contributed by atoms with Gasteiger partial charge >= 0.3 is 0 Å². The molecule has 0 fully saturated rings. The van der Waals surface area contributed by atoms with Crippen molar-refractivity contribution in [3.63, 3.8) is 0 Å². The maximum atomic E-state index is 11.8. The number of hydrogen-bond donors (Lipinski definition) is 1.